The Balaban J connectivity index is 4.93. The number of hydrogen-bond donors (Lipinski definition) is 3. The van der Waals surface area contributed by atoms with Crippen LogP contribution in [0.4, 0.5) is 4.79 Å². The first-order valence-corrected chi connectivity index (χ1v) is 9.37. The van der Waals surface area contributed by atoms with Crippen molar-refractivity contribution in [3.05, 3.63) is 0 Å². The smallest absolute Gasteiger partial charge is 0.407 e. The third-order valence-corrected chi connectivity index (χ3v) is 3.91. The predicted octanol–water partition coefficient (Wildman–Crippen LogP) is 2.55. The van der Waals surface area contributed by atoms with Gasteiger partial charge in [-0.1, -0.05) is 40.0 Å². The van der Waals surface area contributed by atoms with Gasteiger partial charge < -0.3 is 20.5 Å². The summed E-state index contributed by atoms with van der Waals surface area (Å²) >= 11 is 0. The molecule has 0 saturated carbocycles. The number of hydrogen-bond acceptors (Lipinski definition) is 5. The van der Waals surface area contributed by atoms with Gasteiger partial charge >= 0.3 is 6.09 Å². The van der Waals surface area contributed by atoms with Crippen molar-refractivity contribution in [1.82, 2.24) is 10.6 Å². The van der Waals surface area contributed by atoms with E-state index in [-0.39, 0.29) is 11.7 Å². The van der Waals surface area contributed by atoms with Gasteiger partial charge in [0, 0.05) is 0 Å². The van der Waals surface area contributed by atoms with Gasteiger partial charge in [-0.05, 0) is 40.0 Å². The van der Waals surface area contributed by atoms with Crippen LogP contribution in [0.25, 0.3) is 0 Å². The summed E-state index contributed by atoms with van der Waals surface area (Å²) in [4.78, 5) is 36.1. The van der Waals surface area contributed by atoms with E-state index < -0.39 is 35.8 Å². The highest BCUT2D eigenvalue weighted by molar-refractivity contribution is 5.89. The van der Waals surface area contributed by atoms with E-state index in [4.69, 9.17) is 4.74 Å². The van der Waals surface area contributed by atoms with Crippen molar-refractivity contribution in [2.45, 2.75) is 97.9 Å². The lowest BCUT2D eigenvalue weighted by Crippen LogP contribution is -2.56. The van der Waals surface area contributed by atoms with E-state index in [1.807, 2.05) is 0 Å². The van der Waals surface area contributed by atoms with Gasteiger partial charge in [-0.25, -0.2) is 4.79 Å². The molecule has 0 radical (unpaired) electrons. The van der Waals surface area contributed by atoms with Gasteiger partial charge in [-0.3, -0.25) is 9.59 Å². The maximum absolute atomic E-state index is 12.4. The number of alkyl carbamates (subject to hydrolysis) is 1. The molecule has 0 spiro atoms. The number of unbranched alkanes of at least 4 members (excludes halogenated alkanes) is 2. The molecule has 7 nitrogen and oxygen atoms in total. The molecule has 152 valence electrons. The summed E-state index contributed by atoms with van der Waals surface area (Å²) in [7, 11) is 0. The summed E-state index contributed by atoms with van der Waals surface area (Å²) in [5.74, 6) is -1.03. The molecule has 0 aliphatic rings. The first-order chi connectivity index (χ1) is 11.9. The first-order valence-electron chi connectivity index (χ1n) is 9.37. The Kier molecular flexibility index (Phi) is 10.5. The van der Waals surface area contributed by atoms with Crippen LogP contribution in [0.3, 0.4) is 0 Å². The van der Waals surface area contributed by atoms with Crippen LogP contribution in [-0.2, 0) is 14.3 Å². The van der Waals surface area contributed by atoms with E-state index in [0.29, 0.717) is 6.42 Å². The highest BCUT2D eigenvalue weighted by Gasteiger charge is 2.33. The molecule has 0 bridgehead atoms. The van der Waals surface area contributed by atoms with Gasteiger partial charge in [0.2, 0.25) is 0 Å². The Morgan fingerprint density at radius 2 is 1.65 bits per heavy atom. The molecule has 3 N–H and O–H groups in total. The number of ether oxygens (including phenoxy) is 1. The zero-order valence-electron chi connectivity index (χ0n) is 17.2. The van der Waals surface area contributed by atoms with Crippen LogP contribution in [0.5, 0.6) is 0 Å². The van der Waals surface area contributed by atoms with Crippen LogP contribution in [-0.4, -0.2) is 46.7 Å². The van der Waals surface area contributed by atoms with Crippen LogP contribution in [0.2, 0.25) is 0 Å². The average molecular weight is 373 g/mol. The molecule has 7 heteroatoms. The molecule has 3 atom stereocenters. The Labute approximate surface area is 157 Å². The summed E-state index contributed by atoms with van der Waals surface area (Å²) in [5.41, 5.74) is -0.683. The van der Waals surface area contributed by atoms with Crippen LogP contribution >= 0.6 is 0 Å². The summed E-state index contributed by atoms with van der Waals surface area (Å²) < 4.78 is 5.19. The second-order valence-electron chi connectivity index (χ2n) is 8.03. The summed E-state index contributed by atoms with van der Waals surface area (Å²) in [6, 6.07) is -1.45. The number of carbonyl (C=O) groups is 3. The molecule has 0 unspecified atom stereocenters. The Bertz CT molecular complexity index is 471. The third-order valence-electron chi connectivity index (χ3n) is 3.91. The summed E-state index contributed by atoms with van der Waals surface area (Å²) in [5, 5.41) is 15.6. The number of amides is 2. The van der Waals surface area contributed by atoms with E-state index in [9.17, 15) is 19.5 Å². The fourth-order valence-corrected chi connectivity index (χ4v) is 2.45. The van der Waals surface area contributed by atoms with E-state index in [1.54, 1.807) is 34.6 Å². The Hall–Kier alpha value is -1.63. The fourth-order valence-electron chi connectivity index (χ4n) is 2.45. The van der Waals surface area contributed by atoms with Crippen LogP contribution < -0.4 is 10.6 Å². The van der Waals surface area contributed by atoms with Crippen LogP contribution in [0, 0.1) is 5.92 Å². The second kappa shape index (κ2) is 11.2. The standard InChI is InChI=1S/C19H36N2O5/c1-8-9-10-11-14(13(4)22)20-17(24)16(23)15(12(2)3)21-18(25)26-19(5,6)7/h12,14-16,23H,8-11H2,1-7H3,(H,20,24)(H,21,25)/t14-,15-,16-/m0/s1. The van der Waals surface area contributed by atoms with Crippen molar-refractivity contribution in [2.24, 2.45) is 5.92 Å². The molecular formula is C19H36N2O5. The highest BCUT2D eigenvalue weighted by atomic mass is 16.6. The highest BCUT2D eigenvalue weighted by Crippen LogP contribution is 2.12. The van der Waals surface area contributed by atoms with Gasteiger partial charge in [0.05, 0.1) is 12.1 Å². The molecule has 0 heterocycles. The van der Waals surface area contributed by atoms with Gasteiger partial charge in [-0.15, -0.1) is 0 Å². The van der Waals surface area contributed by atoms with E-state index in [2.05, 4.69) is 17.6 Å². The normalized spacial score (nSPS) is 15.1. The van der Waals surface area contributed by atoms with Crippen LogP contribution in [0.1, 0.15) is 74.1 Å². The minimum atomic E-state index is -1.48. The Morgan fingerprint density at radius 1 is 1.08 bits per heavy atom. The zero-order chi connectivity index (χ0) is 20.5. The molecule has 0 fully saturated rings. The number of aliphatic hydroxyl groups is 1. The number of nitrogens with one attached hydrogen (secondary N) is 2. The minimum absolute atomic E-state index is 0.150. The SMILES string of the molecule is CCCCC[C@H](NC(=O)[C@@H](O)[C@@H](NC(=O)OC(C)(C)C)C(C)C)C(C)=O. The molecule has 0 rings (SSSR count). The van der Waals surface area contributed by atoms with Crippen molar-refractivity contribution in [2.75, 3.05) is 0 Å². The maximum atomic E-state index is 12.4. The van der Waals surface area contributed by atoms with Crippen molar-refractivity contribution in [3.8, 4) is 0 Å². The molecule has 0 aromatic carbocycles. The number of Topliss-reactive ketones (excluding diaryl/α,β-unsaturated/α-hetero) is 1. The quantitative estimate of drug-likeness (QED) is 0.511. The lowest BCUT2D eigenvalue weighted by Gasteiger charge is -2.29. The summed E-state index contributed by atoms with van der Waals surface area (Å²) in [6.07, 6.45) is 1.16. The van der Waals surface area contributed by atoms with Crippen molar-refractivity contribution >= 4 is 17.8 Å². The van der Waals surface area contributed by atoms with Gasteiger partial charge in [0.1, 0.15) is 5.60 Å². The average Bonchev–Trinajstić information content (AvgIpc) is 2.48. The van der Waals surface area contributed by atoms with Gasteiger partial charge in [-0.2, -0.15) is 0 Å². The second-order valence-corrected chi connectivity index (χ2v) is 8.03. The predicted molar refractivity (Wildman–Crippen MR) is 101 cm³/mol. The minimum Gasteiger partial charge on any atom is -0.444 e. The molecule has 0 aromatic rings. The zero-order valence-corrected chi connectivity index (χ0v) is 17.2. The molecule has 0 saturated heterocycles. The summed E-state index contributed by atoms with van der Waals surface area (Å²) in [6.45, 7) is 12.2. The number of aliphatic hydroxyl groups excluding tert-OH is 1. The van der Waals surface area contributed by atoms with E-state index >= 15 is 0 Å². The molecule has 0 aliphatic carbocycles. The fraction of sp³-hybridized carbons (Fsp3) is 0.842. The van der Waals surface area contributed by atoms with E-state index in [0.717, 1.165) is 19.3 Å². The lowest BCUT2D eigenvalue weighted by atomic mass is 9.97. The maximum Gasteiger partial charge on any atom is 0.407 e. The largest absolute Gasteiger partial charge is 0.444 e. The number of ketones is 1. The Morgan fingerprint density at radius 3 is 2.08 bits per heavy atom. The van der Waals surface area contributed by atoms with E-state index in [1.165, 1.54) is 6.92 Å². The number of rotatable bonds is 10. The molecule has 0 aromatic heterocycles. The lowest BCUT2D eigenvalue weighted by molar-refractivity contribution is -0.134. The topological polar surface area (TPSA) is 105 Å². The monoisotopic (exact) mass is 372 g/mol. The molecule has 2 amide bonds. The molecular weight excluding hydrogens is 336 g/mol. The number of carbonyl (C=O) groups excluding carboxylic acids is 3. The van der Waals surface area contributed by atoms with Gasteiger partial charge in [0.15, 0.2) is 11.9 Å². The van der Waals surface area contributed by atoms with Crippen molar-refractivity contribution in [3.63, 3.8) is 0 Å². The molecule has 26 heavy (non-hydrogen) atoms. The third kappa shape index (κ3) is 9.75. The van der Waals surface area contributed by atoms with Crippen molar-refractivity contribution < 1.29 is 24.2 Å². The van der Waals surface area contributed by atoms with Crippen molar-refractivity contribution in [1.29, 1.82) is 0 Å². The first kappa shape index (κ1) is 24.4. The molecule has 0 aliphatic heterocycles. The van der Waals surface area contributed by atoms with Crippen LogP contribution in [0.15, 0.2) is 0 Å². The van der Waals surface area contributed by atoms with Gasteiger partial charge in [0.25, 0.3) is 5.91 Å².